The van der Waals surface area contributed by atoms with E-state index in [-0.39, 0.29) is 22.1 Å². The predicted octanol–water partition coefficient (Wildman–Crippen LogP) is 3.75. The molecule has 6 nitrogen and oxygen atoms in total. The van der Waals surface area contributed by atoms with Gasteiger partial charge in [-0.2, -0.15) is 5.26 Å². The number of amides is 1. The number of rotatable bonds is 9. The number of nitrogens with zero attached hydrogens (tertiary/aromatic N) is 1. The van der Waals surface area contributed by atoms with Crippen LogP contribution in [-0.2, 0) is 26.7 Å². The van der Waals surface area contributed by atoms with Gasteiger partial charge in [0.05, 0.1) is 16.4 Å². The van der Waals surface area contributed by atoms with Crippen LogP contribution in [0.15, 0.2) is 53.4 Å². The average Bonchev–Trinajstić information content (AvgIpc) is 3.53. The smallest absolute Gasteiger partial charge is 0.240 e. The Balaban J connectivity index is 1.51. The Morgan fingerprint density at radius 2 is 1.73 bits per heavy atom. The van der Waals surface area contributed by atoms with Crippen LogP contribution in [0.5, 0.6) is 0 Å². The number of aryl methyl sites for hydroxylation is 1. The van der Waals surface area contributed by atoms with E-state index in [4.69, 9.17) is 0 Å². The Hall–Kier alpha value is -2.69. The first-order chi connectivity index (χ1) is 14.2. The highest BCUT2D eigenvalue weighted by Gasteiger charge is 2.44. The van der Waals surface area contributed by atoms with Crippen LogP contribution in [0, 0.1) is 17.2 Å². The summed E-state index contributed by atoms with van der Waals surface area (Å²) in [5, 5.41) is 12.1. The number of anilines is 1. The lowest BCUT2D eigenvalue weighted by Crippen LogP contribution is -2.27. The minimum Gasteiger partial charge on any atom is -0.326 e. The van der Waals surface area contributed by atoms with E-state index in [9.17, 15) is 18.5 Å². The van der Waals surface area contributed by atoms with E-state index < -0.39 is 10.0 Å². The summed E-state index contributed by atoms with van der Waals surface area (Å²) in [7, 11) is -3.51. The monoisotopic (exact) mass is 425 g/mol. The largest absolute Gasteiger partial charge is 0.326 e. The molecule has 3 rings (SSSR count). The fourth-order valence-corrected chi connectivity index (χ4v) is 4.35. The molecule has 2 aromatic rings. The molecule has 2 N–H and O–H groups in total. The first kappa shape index (κ1) is 22.0. The third-order valence-corrected chi connectivity index (χ3v) is 6.68. The van der Waals surface area contributed by atoms with Crippen molar-refractivity contribution >= 4 is 21.6 Å². The van der Waals surface area contributed by atoms with Gasteiger partial charge >= 0.3 is 0 Å². The maximum atomic E-state index is 12.2. The van der Waals surface area contributed by atoms with E-state index in [1.54, 1.807) is 24.3 Å². The number of nitriles is 1. The summed E-state index contributed by atoms with van der Waals surface area (Å²) < 4.78 is 27.0. The molecule has 1 aliphatic carbocycles. The second kappa shape index (κ2) is 8.99. The van der Waals surface area contributed by atoms with Crippen LogP contribution in [0.2, 0.25) is 0 Å². The van der Waals surface area contributed by atoms with Gasteiger partial charge in [-0.3, -0.25) is 4.79 Å². The van der Waals surface area contributed by atoms with Gasteiger partial charge in [0.1, 0.15) is 0 Å². The zero-order valence-corrected chi connectivity index (χ0v) is 18.1. The van der Waals surface area contributed by atoms with Crippen molar-refractivity contribution in [3.63, 3.8) is 0 Å². The van der Waals surface area contributed by atoms with Gasteiger partial charge in [0.25, 0.3) is 0 Å². The molecule has 1 fully saturated rings. The second-order valence-electron chi connectivity index (χ2n) is 8.21. The first-order valence-electron chi connectivity index (χ1n) is 10.1. The Bertz CT molecular complexity index is 1030. The van der Waals surface area contributed by atoms with Gasteiger partial charge < -0.3 is 5.32 Å². The number of carbonyl (C=O) groups excluding carboxylic acids is 1. The minimum atomic E-state index is -3.51. The Kier molecular flexibility index (Phi) is 6.59. The summed E-state index contributed by atoms with van der Waals surface area (Å²) in [5.41, 5.74) is 2.27. The lowest BCUT2D eigenvalue weighted by molar-refractivity contribution is -0.116. The van der Waals surface area contributed by atoms with E-state index in [2.05, 4.69) is 16.1 Å². The molecule has 1 aliphatic rings. The number of sulfonamides is 1. The van der Waals surface area contributed by atoms with E-state index in [1.165, 1.54) is 0 Å². The van der Waals surface area contributed by atoms with Crippen molar-refractivity contribution in [3.8, 4) is 6.07 Å². The van der Waals surface area contributed by atoms with Crippen LogP contribution in [0.3, 0.4) is 0 Å². The quantitative estimate of drug-likeness (QED) is 0.639. The normalized spacial score (nSPS) is 14.9. The highest BCUT2D eigenvalue weighted by molar-refractivity contribution is 7.89. The van der Waals surface area contributed by atoms with Gasteiger partial charge in [-0.25, -0.2) is 13.1 Å². The fraction of sp³-hybridized carbons (Fsp3) is 0.391. The number of nitrogens with one attached hydrogen (secondary N) is 2. The van der Waals surface area contributed by atoms with E-state index in [0.29, 0.717) is 25.1 Å². The Labute approximate surface area is 178 Å². The molecule has 0 atom stereocenters. The van der Waals surface area contributed by atoms with Crippen molar-refractivity contribution in [2.45, 2.75) is 49.8 Å². The van der Waals surface area contributed by atoms with Crippen molar-refractivity contribution in [3.05, 3.63) is 59.7 Å². The minimum absolute atomic E-state index is 0.112. The standard InChI is InChI=1S/C23H27N3O3S/c1-17(2)15-25-30(28,29)21-10-3-18(4-11-21)5-12-22(27)26-20-8-6-19(7-9-20)23(16-24)13-14-23/h3-4,6-11,17,25H,5,12-15H2,1-2H3,(H,26,27). The van der Waals surface area contributed by atoms with Crippen molar-refractivity contribution < 1.29 is 13.2 Å². The van der Waals surface area contributed by atoms with Crippen LogP contribution in [0.4, 0.5) is 5.69 Å². The first-order valence-corrected chi connectivity index (χ1v) is 11.6. The highest BCUT2D eigenvalue weighted by atomic mass is 32.2. The Morgan fingerprint density at radius 3 is 2.27 bits per heavy atom. The fourth-order valence-electron chi connectivity index (χ4n) is 3.14. The topological polar surface area (TPSA) is 99.1 Å². The third kappa shape index (κ3) is 5.47. The number of carbonyl (C=O) groups is 1. The van der Waals surface area contributed by atoms with Crippen molar-refractivity contribution in [1.82, 2.24) is 4.72 Å². The molecule has 1 amide bonds. The SMILES string of the molecule is CC(C)CNS(=O)(=O)c1ccc(CCC(=O)Nc2ccc(C3(C#N)CC3)cc2)cc1. The van der Waals surface area contributed by atoms with Crippen molar-refractivity contribution in [2.24, 2.45) is 5.92 Å². The summed E-state index contributed by atoms with van der Waals surface area (Å²) >= 11 is 0. The van der Waals surface area contributed by atoms with Gasteiger partial charge in [0.15, 0.2) is 0 Å². The molecule has 0 spiro atoms. The maximum Gasteiger partial charge on any atom is 0.240 e. The second-order valence-corrected chi connectivity index (χ2v) is 9.98. The van der Waals surface area contributed by atoms with Crippen molar-refractivity contribution in [2.75, 3.05) is 11.9 Å². The lowest BCUT2D eigenvalue weighted by Gasteiger charge is -2.10. The predicted molar refractivity (Wildman–Crippen MR) is 116 cm³/mol. The molecule has 7 heteroatoms. The van der Waals surface area contributed by atoms with Crippen LogP contribution in [0.25, 0.3) is 0 Å². The van der Waals surface area contributed by atoms with Gasteiger partial charge in [-0.1, -0.05) is 38.1 Å². The number of benzene rings is 2. The molecule has 0 aromatic heterocycles. The van der Waals surface area contributed by atoms with Crippen molar-refractivity contribution in [1.29, 1.82) is 5.26 Å². The molecule has 0 unspecified atom stereocenters. The number of hydrogen-bond acceptors (Lipinski definition) is 4. The van der Waals surface area contributed by atoms with Crippen LogP contribution in [-0.4, -0.2) is 20.9 Å². The molecule has 0 aliphatic heterocycles. The maximum absolute atomic E-state index is 12.2. The number of hydrogen-bond donors (Lipinski definition) is 2. The molecule has 1 saturated carbocycles. The molecule has 158 valence electrons. The van der Waals surface area contributed by atoms with Gasteiger partial charge in [0.2, 0.25) is 15.9 Å². The molecule has 0 bridgehead atoms. The molecule has 0 saturated heterocycles. The molecule has 30 heavy (non-hydrogen) atoms. The Morgan fingerprint density at radius 1 is 1.10 bits per heavy atom. The summed E-state index contributed by atoms with van der Waals surface area (Å²) in [6.07, 6.45) is 2.59. The summed E-state index contributed by atoms with van der Waals surface area (Å²) in [6, 6.07) is 16.4. The average molecular weight is 426 g/mol. The van der Waals surface area contributed by atoms with Crippen LogP contribution < -0.4 is 10.0 Å². The highest BCUT2D eigenvalue weighted by Crippen LogP contribution is 2.47. The van der Waals surface area contributed by atoms with Gasteiger partial charge in [0, 0.05) is 18.7 Å². The van der Waals surface area contributed by atoms with E-state index in [0.717, 1.165) is 24.0 Å². The van der Waals surface area contributed by atoms with Gasteiger partial charge in [-0.05, 0) is 60.6 Å². The molecule has 0 radical (unpaired) electrons. The molecular formula is C23H27N3O3S. The van der Waals surface area contributed by atoms with Crippen LogP contribution in [0.1, 0.15) is 44.2 Å². The van der Waals surface area contributed by atoms with E-state index in [1.807, 2.05) is 38.1 Å². The lowest BCUT2D eigenvalue weighted by atomic mass is 9.98. The molecule has 2 aromatic carbocycles. The zero-order valence-electron chi connectivity index (χ0n) is 17.3. The summed E-state index contributed by atoms with van der Waals surface area (Å²) in [4.78, 5) is 12.5. The molecule has 0 heterocycles. The van der Waals surface area contributed by atoms with E-state index >= 15 is 0 Å². The molecular weight excluding hydrogens is 398 g/mol. The summed E-state index contributed by atoms with van der Waals surface area (Å²) in [5.74, 6) is 0.120. The zero-order chi connectivity index (χ0) is 21.8. The van der Waals surface area contributed by atoms with Gasteiger partial charge in [-0.15, -0.1) is 0 Å². The third-order valence-electron chi connectivity index (χ3n) is 5.24. The van der Waals surface area contributed by atoms with Crippen LogP contribution >= 0.6 is 0 Å². The summed E-state index contributed by atoms with van der Waals surface area (Å²) in [6.45, 7) is 4.28.